The van der Waals surface area contributed by atoms with Crippen LogP contribution in [0.5, 0.6) is 0 Å². The Kier molecular flexibility index (Phi) is 2.84. The first-order valence-corrected chi connectivity index (χ1v) is 5.79. The van der Waals surface area contributed by atoms with Crippen molar-refractivity contribution in [2.75, 3.05) is 0 Å². The molecule has 3 heteroatoms. The molecule has 0 aliphatic carbocycles. The fourth-order valence-electron chi connectivity index (χ4n) is 1.83. The summed E-state index contributed by atoms with van der Waals surface area (Å²) in [5, 5.41) is 2.94. The lowest BCUT2D eigenvalue weighted by molar-refractivity contribution is 0.839. The van der Waals surface area contributed by atoms with E-state index in [4.69, 9.17) is 5.73 Å². The molecule has 1 heterocycles. The lowest BCUT2D eigenvalue weighted by Crippen LogP contribution is -2.14. The number of rotatable bonds is 2. The predicted octanol–water partition coefficient (Wildman–Crippen LogP) is 2.81. The molecule has 2 nitrogen and oxygen atoms in total. The van der Waals surface area contributed by atoms with E-state index in [-0.39, 0.29) is 6.04 Å². The van der Waals surface area contributed by atoms with Crippen molar-refractivity contribution < 1.29 is 0 Å². The van der Waals surface area contributed by atoms with E-state index in [2.05, 4.69) is 37.0 Å². The van der Waals surface area contributed by atoms with Crippen LogP contribution in [-0.4, -0.2) is 4.98 Å². The maximum absolute atomic E-state index is 6.21. The Balaban J connectivity index is 2.46. The first-order valence-electron chi connectivity index (χ1n) is 4.91. The van der Waals surface area contributed by atoms with E-state index in [0.29, 0.717) is 0 Å². The topological polar surface area (TPSA) is 38.9 Å². The summed E-state index contributed by atoms with van der Waals surface area (Å²) in [6.07, 6.45) is 1.80. The second-order valence-electron chi connectivity index (χ2n) is 3.65. The molecule has 0 bridgehead atoms. The van der Waals surface area contributed by atoms with Gasteiger partial charge >= 0.3 is 0 Å². The summed E-state index contributed by atoms with van der Waals surface area (Å²) in [6.45, 7) is 4.19. The number of aryl methyl sites for hydroxylation is 2. The molecule has 1 atom stereocenters. The van der Waals surface area contributed by atoms with Crippen LogP contribution >= 0.6 is 11.3 Å². The van der Waals surface area contributed by atoms with Gasteiger partial charge in [0.1, 0.15) is 5.01 Å². The molecule has 1 aromatic carbocycles. The van der Waals surface area contributed by atoms with Crippen LogP contribution < -0.4 is 5.73 Å². The van der Waals surface area contributed by atoms with Crippen LogP contribution in [0.15, 0.2) is 29.8 Å². The maximum atomic E-state index is 6.21. The summed E-state index contributed by atoms with van der Waals surface area (Å²) in [7, 11) is 0. The average Bonchev–Trinajstić information content (AvgIpc) is 2.69. The zero-order chi connectivity index (χ0) is 10.8. The minimum absolute atomic E-state index is 0.0915. The summed E-state index contributed by atoms with van der Waals surface area (Å²) in [5.41, 5.74) is 9.88. The van der Waals surface area contributed by atoms with Gasteiger partial charge in [-0.2, -0.15) is 0 Å². The molecule has 0 radical (unpaired) electrons. The van der Waals surface area contributed by atoms with Crippen LogP contribution in [-0.2, 0) is 0 Å². The van der Waals surface area contributed by atoms with Crippen molar-refractivity contribution >= 4 is 11.3 Å². The maximum Gasteiger partial charge on any atom is 0.114 e. The molecule has 0 aliphatic rings. The van der Waals surface area contributed by atoms with E-state index < -0.39 is 0 Å². The number of nitrogens with zero attached hydrogens (tertiary/aromatic N) is 1. The number of hydrogen-bond donors (Lipinski definition) is 1. The van der Waals surface area contributed by atoms with Gasteiger partial charge in [0.25, 0.3) is 0 Å². The van der Waals surface area contributed by atoms with Crippen LogP contribution in [0.1, 0.15) is 27.7 Å². The molecule has 0 fully saturated rings. The minimum Gasteiger partial charge on any atom is -0.318 e. The van der Waals surface area contributed by atoms with Crippen LogP contribution in [0.3, 0.4) is 0 Å². The van der Waals surface area contributed by atoms with Crippen molar-refractivity contribution in [1.29, 1.82) is 0 Å². The van der Waals surface area contributed by atoms with Gasteiger partial charge in [0.15, 0.2) is 0 Å². The van der Waals surface area contributed by atoms with Gasteiger partial charge in [-0.1, -0.05) is 18.2 Å². The number of benzene rings is 1. The summed E-state index contributed by atoms with van der Waals surface area (Å²) < 4.78 is 0. The standard InChI is InChI=1S/C12H14N2S/c1-8-4-3-5-9(2)10(8)11(13)12-14-6-7-15-12/h3-7,11H,13H2,1-2H3. The van der Waals surface area contributed by atoms with Gasteiger partial charge in [0.2, 0.25) is 0 Å². The smallest absolute Gasteiger partial charge is 0.114 e. The zero-order valence-electron chi connectivity index (χ0n) is 8.90. The molecule has 2 aromatic rings. The van der Waals surface area contributed by atoms with Gasteiger partial charge in [0.05, 0.1) is 6.04 Å². The molecular formula is C12H14N2S. The molecule has 1 unspecified atom stereocenters. The molecule has 78 valence electrons. The third-order valence-electron chi connectivity index (χ3n) is 2.57. The normalized spacial score (nSPS) is 12.7. The molecule has 0 saturated heterocycles. The monoisotopic (exact) mass is 218 g/mol. The van der Waals surface area contributed by atoms with Crippen LogP contribution in [0.2, 0.25) is 0 Å². The van der Waals surface area contributed by atoms with Gasteiger partial charge in [-0.3, -0.25) is 0 Å². The highest BCUT2D eigenvalue weighted by molar-refractivity contribution is 7.09. The van der Waals surface area contributed by atoms with Crippen molar-refractivity contribution in [3.8, 4) is 0 Å². The molecule has 0 amide bonds. The van der Waals surface area contributed by atoms with Gasteiger partial charge in [-0.15, -0.1) is 11.3 Å². The number of thiazole rings is 1. The second kappa shape index (κ2) is 4.13. The third-order valence-corrected chi connectivity index (χ3v) is 3.43. The van der Waals surface area contributed by atoms with Gasteiger partial charge in [-0.25, -0.2) is 4.98 Å². The summed E-state index contributed by atoms with van der Waals surface area (Å²) in [5.74, 6) is 0. The zero-order valence-corrected chi connectivity index (χ0v) is 9.71. The third kappa shape index (κ3) is 1.94. The lowest BCUT2D eigenvalue weighted by atomic mass is 9.97. The van der Waals surface area contributed by atoms with Crippen LogP contribution in [0, 0.1) is 13.8 Å². The molecule has 0 spiro atoms. The Morgan fingerprint density at radius 3 is 2.47 bits per heavy atom. The summed E-state index contributed by atoms with van der Waals surface area (Å²) >= 11 is 1.61. The molecule has 15 heavy (non-hydrogen) atoms. The van der Waals surface area contributed by atoms with E-state index in [1.54, 1.807) is 17.5 Å². The number of aromatic nitrogens is 1. The van der Waals surface area contributed by atoms with E-state index in [1.807, 2.05) is 5.38 Å². The Morgan fingerprint density at radius 1 is 1.27 bits per heavy atom. The van der Waals surface area contributed by atoms with Gasteiger partial charge < -0.3 is 5.73 Å². The van der Waals surface area contributed by atoms with Gasteiger partial charge in [0, 0.05) is 11.6 Å². The van der Waals surface area contributed by atoms with E-state index in [0.717, 1.165) is 5.01 Å². The Labute approximate surface area is 93.8 Å². The first kappa shape index (κ1) is 10.3. The van der Waals surface area contributed by atoms with Crippen LogP contribution in [0.25, 0.3) is 0 Å². The van der Waals surface area contributed by atoms with Crippen molar-refractivity contribution in [2.45, 2.75) is 19.9 Å². The van der Waals surface area contributed by atoms with Gasteiger partial charge in [-0.05, 0) is 30.5 Å². The molecule has 0 saturated carbocycles. The number of nitrogens with two attached hydrogens (primary N) is 1. The van der Waals surface area contributed by atoms with Crippen molar-refractivity contribution in [3.05, 3.63) is 51.5 Å². The first-order chi connectivity index (χ1) is 7.20. The SMILES string of the molecule is Cc1cccc(C)c1C(N)c1nccs1. The summed E-state index contributed by atoms with van der Waals surface area (Å²) in [4.78, 5) is 4.27. The van der Waals surface area contributed by atoms with Crippen molar-refractivity contribution in [3.63, 3.8) is 0 Å². The highest BCUT2D eigenvalue weighted by Gasteiger charge is 2.15. The van der Waals surface area contributed by atoms with E-state index in [9.17, 15) is 0 Å². The fraction of sp³-hybridized carbons (Fsp3) is 0.250. The molecular weight excluding hydrogens is 204 g/mol. The Hall–Kier alpha value is -1.19. The Morgan fingerprint density at radius 2 is 1.93 bits per heavy atom. The quantitative estimate of drug-likeness (QED) is 0.841. The lowest BCUT2D eigenvalue weighted by Gasteiger charge is -2.15. The Bertz CT molecular complexity index is 428. The molecule has 1 aromatic heterocycles. The van der Waals surface area contributed by atoms with E-state index >= 15 is 0 Å². The molecule has 0 aliphatic heterocycles. The van der Waals surface area contributed by atoms with Crippen molar-refractivity contribution in [1.82, 2.24) is 4.98 Å². The summed E-state index contributed by atoms with van der Waals surface area (Å²) in [6, 6.07) is 6.15. The average molecular weight is 218 g/mol. The predicted molar refractivity (Wildman–Crippen MR) is 64.1 cm³/mol. The van der Waals surface area contributed by atoms with Crippen LogP contribution in [0.4, 0.5) is 0 Å². The highest BCUT2D eigenvalue weighted by Crippen LogP contribution is 2.26. The molecule has 2 rings (SSSR count). The fourth-order valence-corrected chi connectivity index (χ4v) is 2.48. The highest BCUT2D eigenvalue weighted by atomic mass is 32.1. The van der Waals surface area contributed by atoms with E-state index in [1.165, 1.54) is 16.7 Å². The number of hydrogen-bond acceptors (Lipinski definition) is 3. The molecule has 2 N–H and O–H groups in total. The second-order valence-corrected chi connectivity index (χ2v) is 4.58. The minimum atomic E-state index is -0.0915. The van der Waals surface area contributed by atoms with Crippen molar-refractivity contribution in [2.24, 2.45) is 5.73 Å². The largest absolute Gasteiger partial charge is 0.318 e.